The van der Waals surface area contributed by atoms with Crippen molar-refractivity contribution in [3.63, 3.8) is 0 Å². The van der Waals surface area contributed by atoms with E-state index in [1.807, 2.05) is 34.6 Å². The van der Waals surface area contributed by atoms with Crippen LogP contribution in [0, 0.1) is 11.8 Å². The van der Waals surface area contributed by atoms with Crippen molar-refractivity contribution in [2.45, 2.75) is 87.6 Å². The van der Waals surface area contributed by atoms with Gasteiger partial charge in [-0.1, -0.05) is 62.3 Å². The Hall–Kier alpha value is -0.690. The zero-order valence-corrected chi connectivity index (χ0v) is 21.8. The van der Waals surface area contributed by atoms with Crippen molar-refractivity contribution >= 4 is 5.91 Å². The average molecular weight is 436 g/mol. The maximum atomic E-state index is 12.4. The number of hydrogen-bond donors (Lipinski definition) is 1. The third kappa shape index (κ3) is 22.0. The van der Waals surface area contributed by atoms with Crippen molar-refractivity contribution in [1.82, 2.24) is 5.32 Å². The second kappa shape index (κ2) is 24.6. The van der Waals surface area contributed by atoms with E-state index in [1.165, 1.54) is 0 Å². The van der Waals surface area contributed by atoms with Crippen LogP contribution in [0.4, 0.5) is 0 Å². The molecule has 0 aromatic carbocycles. The normalized spacial score (nSPS) is 12.5. The molecule has 0 saturated carbocycles. The second-order valence-electron chi connectivity index (χ2n) is 7.66. The molecule has 6 heteroatoms. The number of nitrogens with one attached hydrogen (secondary N) is 1. The SMILES string of the molecule is CC.CC.CCCOCC(COCC)(COCC(C)C)NC(=O)COCCC(C)C. The third-order valence-corrected chi connectivity index (χ3v) is 3.62. The first-order valence-corrected chi connectivity index (χ1v) is 12.0. The van der Waals surface area contributed by atoms with Crippen LogP contribution in [0.5, 0.6) is 0 Å². The summed E-state index contributed by atoms with van der Waals surface area (Å²) < 4.78 is 22.7. The van der Waals surface area contributed by atoms with Crippen molar-refractivity contribution in [3.05, 3.63) is 0 Å². The van der Waals surface area contributed by atoms with Crippen molar-refractivity contribution in [2.75, 3.05) is 52.9 Å². The van der Waals surface area contributed by atoms with Gasteiger partial charge in [0.25, 0.3) is 0 Å². The van der Waals surface area contributed by atoms with Crippen molar-refractivity contribution < 1.29 is 23.7 Å². The van der Waals surface area contributed by atoms with Crippen LogP contribution in [0.1, 0.15) is 82.1 Å². The Labute approximate surface area is 187 Å². The summed E-state index contributed by atoms with van der Waals surface area (Å²) in [5.74, 6) is 0.815. The van der Waals surface area contributed by atoms with E-state index in [1.54, 1.807) is 0 Å². The topological polar surface area (TPSA) is 66.0 Å². The molecule has 1 unspecified atom stereocenters. The number of ether oxygens (including phenoxy) is 4. The standard InChI is InChI=1S/C20H41NO5.2C2H6/c1-7-10-25-15-20(14-23-8-2,16-26-12-18(5)6)21-19(22)13-24-11-9-17(3)4;2*1-2/h17-18H,7-16H2,1-6H3,(H,21,22);2*1-2H3. The predicted molar refractivity (Wildman–Crippen MR) is 127 cm³/mol. The lowest BCUT2D eigenvalue weighted by molar-refractivity contribution is -0.132. The first-order valence-electron chi connectivity index (χ1n) is 12.0. The van der Waals surface area contributed by atoms with Gasteiger partial charge in [0.05, 0.1) is 19.8 Å². The lowest BCUT2D eigenvalue weighted by Crippen LogP contribution is -2.59. The van der Waals surface area contributed by atoms with E-state index >= 15 is 0 Å². The molecular formula is C24H53NO5. The van der Waals surface area contributed by atoms with Crippen LogP contribution < -0.4 is 5.32 Å². The fraction of sp³-hybridized carbons (Fsp3) is 0.958. The highest BCUT2D eigenvalue weighted by Crippen LogP contribution is 2.11. The third-order valence-electron chi connectivity index (χ3n) is 3.62. The van der Waals surface area contributed by atoms with Gasteiger partial charge in [0.1, 0.15) is 12.1 Å². The Morgan fingerprint density at radius 3 is 1.87 bits per heavy atom. The molecular weight excluding hydrogens is 382 g/mol. The Morgan fingerprint density at radius 1 is 0.800 bits per heavy atom. The summed E-state index contributed by atoms with van der Waals surface area (Å²) in [5, 5.41) is 3.05. The fourth-order valence-electron chi connectivity index (χ4n) is 2.25. The van der Waals surface area contributed by atoms with Gasteiger partial charge >= 0.3 is 0 Å². The highest BCUT2D eigenvalue weighted by atomic mass is 16.5. The molecule has 1 amide bonds. The summed E-state index contributed by atoms with van der Waals surface area (Å²) >= 11 is 0. The minimum absolute atomic E-state index is 0.0402. The molecule has 0 radical (unpaired) electrons. The summed E-state index contributed by atoms with van der Waals surface area (Å²) in [4.78, 5) is 12.4. The average Bonchev–Trinajstić information content (AvgIpc) is 2.72. The van der Waals surface area contributed by atoms with Gasteiger partial charge in [-0.05, 0) is 31.6 Å². The lowest BCUT2D eigenvalue weighted by atomic mass is 10.0. The molecule has 0 spiro atoms. The molecule has 0 aromatic rings. The zero-order chi connectivity index (χ0) is 23.8. The van der Waals surface area contributed by atoms with Crippen LogP contribution in [0.2, 0.25) is 0 Å². The molecule has 6 nitrogen and oxygen atoms in total. The molecule has 0 aliphatic rings. The summed E-state index contributed by atoms with van der Waals surface area (Å²) in [7, 11) is 0. The molecule has 184 valence electrons. The van der Waals surface area contributed by atoms with E-state index < -0.39 is 5.54 Å². The number of carbonyl (C=O) groups is 1. The molecule has 0 saturated heterocycles. The predicted octanol–water partition coefficient (Wildman–Crippen LogP) is 5.09. The highest BCUT2D eigenvalue weighted by Gasteiger charge is 2.33. The Kier molecular flexibility index (Phi) is 27.8. The Bertz CT molecular complexity index is 350. The van der Waals surface area contributed by atoms with E-state index in [2.05, 4.69) is 39.9 Å². The molecule has 0 rings (SSSR count). The van der Waals surface area contributed by atoms with Gasteiger partial charge in [0, 0.05) is 26.4 Å². The number of hydrogen-bond acceptors (Lipinski definition) is 5. The van der Waals surface area contributed by atoms with Gasteiger partial charge in [0.15, 0.2) is 0 Å². The summed E-state index contributed by atoms with van der Waals surface area (Å²) in [5.41, 5.74) is -0.696. The molecule has 0 aliphatic carbocycles. The summed E-state index contributed by atoms with van der Waals surface area (Å²) in [6, 6.07) is 0. The molecule has 1 atom stereocenters. The zero-order valence-electron chi connectivity index (χ0n) is 21.8. The first-order chi connectivity index (χ1) is 14.3. The first kappa shape index (κ1) is 33.9. The van der Waals surface area contributed by atoms with Crippen molar-refractivity contribution in [2.24, 2.45) is 11.8 Å². The van der Waals surface area contributed by atoms with Crippen LogP contribution in [0.25, 0.3) is 0 Å². The molecule has 0 aromatic heterocycles. The quantitative estimate of drug-likeness (QED) is 0.322. The van der Waals surface area contributed by atoms with Crippen LogP contribution in [-0.4, -0.2) is 64.3 Å². The smallest absolute Gasteiger partial charge is 0.246 e. The van der Waals surface area contributed by atoms with Gasteiger partial charge in [-0.25, -0.2) is 0 Å². The number of carbonyl (C=O) groups excluding carboxylic acids is 1. The minimum Gasteiger partial charge on any atom is -0.379 e. The molecule has 0 fully saturated rings. The highest BCUT2D eigenvalue weighted by molar-refractivity contribution is 5.78. The van der Waals surface area contributed by atoms with Gasteiger partial charge in [-0.15, -0.1) is 0 Å². The molecule has 0 aliphatic heterocycles. The Morgan fingerprint density at radius 2 is 1.37 bits per heavy atom. The maximum Gasteiger partial charge on any atom is 0.246 e. The monoisotopic (exact) mass is 435 g/mol. The Balaban J connectivity index is -0.00000171. The second-order valence-corrected chi connectivity index (χ2v) is 7.66. The number of rotatable bonds is 17. The largest absolute Gasteiger partial charge is 0.379 e. The van der Waals surface area contributed by atoms with Crippen molar-refractivity contribution in [3.8, 4) is 0 Å². The fourth-order valence-corrected chi connectivity index (χ4v) is 2.25. The van der Waals surface area contributed by atoms with Gasteiger partial charge < -0.3 is 24.3 Å². The number of amides is 1. The lowest BCUT2D eigenvalue weighted by Gasteiger charge is -2.34. The van der Waals surface area contributed by atoms with Crippen molar-refractivity contribution in [1.29, 1.82) is 0 Å². The molecule has 0 heterocycles. The van der Waals surface area contributed by atoms with E-state index in [-0.39, 0.29) is 12.5 Å². The van der Waals surface area contributed by atoms with Crippen LogP contribution in [-0.2, 0) is 23.7 Å². The van der Waals surface area contributed by atoms with Crippen LogP contribution in [0.3, 0.4) is 0 Å². The molecule has 30 heavy (non-hydrogen) atoms. The molecule has 1 N–H and O–H groups in total. The maximum absolute atomic E-state index is 12.4. The van der Waals surface area contributed by atoms with Crippen LogP contribution >= 0.6 is 0 Å². The minimum atomic E-state index is -0.696. The van der Waals surface area contributed by atoms with E-state index in [9.17, 15) is 4.79 Å². The summed E-state index contributed by atoms with van der Waals surface area (Å²) in [6.07, 6.45) is 1.86. The van der Waals surface area contributed by atoms with Gasteiger partial charge in [0.2, 0.25) is 5.91 Å². The summed E-state index contributed by atoms with van der Waals surface area (Å²) in [6.45, 7) is 24.0. The van der Waals surface area contributed by atoms with E-state index in [4.69, 9.17) is 18.9 Å². The van der Waals surface area contributed by atoms with E-state index in [0.29, 0.717) is 58.1 Å². The van der Waals surface area contributed by atoms with Crippen LogP contribution in [0.15, 0.2) is 0 Å². The van der Waals surface area contributed by atoms with E-state index in [0.717, 1.165) is 12.8 Å². The van der Waals surface area contributed by atoms with Gasteiger partial charge in [-0.3, -0.25) is 4.79 Å². The van der Waals surface area contributed by atoms with Gasteiger partial charge in [-0.2, -0.15) is 0 Å². The molecule has 0 bridgehead atoms.